The molecule has 1 saturated heterocycles. The summed E-state index contributed by atoms with van der Waals surface area (Å²) in [6.45, 7) is 10.0. The first-order valence-electron chi connectivity index (χ1n) is 6.63. The monoisotopic (exact) mass is 237 g/mol. The van der Waals surface area contributed by atoms with E-state index >= 15 is 0 Å². The standard InChI is InChI=1S/C9H17F2N.2C2H6/c1-7-5-3-4-6-8(9(10)11)12(7)2;2*1-2/h7-9H,3-6H2,1-2H3;2*1-2H3. The van der Waals surface area contributed by atoms with Crippen molar-refractivity contribution < 1.29 is 8.78 Å². The molecule has 2 unspecified atom stereocenters. The normalized spacial score (nSPS) is 26.1. The van der Waals surface area contributed by atoms with E-state index in [1.165, 1.54) is 0 Å². The first-order chi connectivity index (χ1) is 7.63. The van der Waals surface area contributed by atoms with E-state index in [9.17, 15) is 8.78 Å². The fourth-order valence-corrected chi connectivity index (χ4v) is 1.83. The van der Waals surface area contributed by atoms with Crippen LogP contribution in [0, 0.1) is 0 Å². The minimum absolute atomic E-state index is 0.312. The maximum absolute atomic E-state index is 12.5. The maximum Gasteiger partial charge on any atom is 0.253 e. The second-order valence-electron chi connectivity index (χ2n) is 3.70. The van der Waals surface area contributed by atoms with Crippen molar-refractivity contribution >= 4 is 0 Å². The molecule has 1 aliphatic rings. The smallest absolute Gasteiger partial charge is 0.253 e. The highest BCUT2D eigenvalue weighted by atomic mass is 19.3. The zero-order chi connectivity index (χ0) is 13.1. The lowest BCUT2D eigenvalue weighted by Crippen LogP contribution is -2.41. The Bertz CT molecular complexity index is 140. The van der Waals surface area contributed by atoms with Crippen molar-refractivity contribution in [2.75, 3.05) is 7.05 Å². The highest BCUT2D eigenvalue weighted by Crippen LogP contribution is 2.23. The molecule has 0 bridgehead atoms. The largest absolute Gasteiger partial charge is 0.295 e. The molecule has 0 aliphatic carbocycles. The van der Waals surface area contributed by atoms with Gasteiger partial charge < -0.3 is 0 Å². The molecule has 0 aromatic rings. The third kappa shape index (κ3) is 6.41. The minimum atomic E-state index is -2.18. The summed E-state index contributed by atoms with van der Waals surface area (Å²) in [6.07, 6.45) is 1.56. The molecule has 100 valence electrons. The van der Waals surface area contributed by atoms with E-state index < -0.39 is 12.5 Å². The van der Waals surface area contributed by atoms with E-state index in [0.717, 1.165) is 19.3 Å². The Kier molecular flexibility index (Phi) is 12.9. The Balaban J connectivity index is 0. The molecule has 3 heteroatoms. The van der Waals surface area contributed by atoms with Crippen LogP contribution >= 0.6 is 0 Å². The molecule has 0 radical (unpaired) electrons. The van der Waals surface area contributed by atoms with E-state index in [4.69, 9.17) is 0 Å². The molecular formula is C13H29F2N. The first-order valence-corrected chi connectivity index (χ1v) is 6.63. The fourth-order valence-electron chi connectivity index (χ4n) is 1.83. The zero-order valence-electron chi connectivity index (χ0n) is 11.8. The van der Waals surface area contributed by atoms with Gasteiger partial charge in [-0.1, -0.05) is 40.5 Å². The van der Waals surface area contributed by atoms with Gasteiger partial charge in [-0.15, -0.1) is 0 Å². The summed E-state index contributed by atoms with van der Waals surface area (Å²) in [7, 11) is 1.81. The van der Waals surface area contributed by atoms with E-state index in [1.54, 1.807) is 0 Å². The predicted octanol–water partition coefficient (Wildman–Crippen LogP) is 4.57. The SMILES string of the molecule is CC.CC.CC1CCCCC(C(F)F)N1C. The lowest BCUT2D eigenvalue weighted by Gasteiger charge is -2.29. The summed E-state index contributed by atoms with van der Waals surface area (Å²) < 4.78 is 25.0. The van der Waals surface area contributed by atoms with Gasteiger partial charge in [-0.3, -0.25) is 4.90 Å². The van der Waals surface area contributed by atoms with Gasteiger partial charge in [0.2, 0.25) is 0 Å². The van der Waals surface area contributed by atoms with Crippen LogP contribution in [0.2, 0.25) is 0 Å². The Morgan fingerprint density at radius 3 is 1.88 bits per heavy atom. The van der Waals surface area contributed by atoms with Crippen molar-refractivity contribution in [3.8, 4) is 0 Å². The van der Waals surface area contributed by atoms with E-state index in [0.29, 0.717) is 12.5 Å². The molecular weight excluding hydrogens is 208 g/mol. The van der Waals surface area contributed by atoms with Gasteiger partial charge in [-0.25, -0.2) is 8.78 Å². The minimum Gasteiger partial charge on any atom is -0.295 e. The summed E-state index contributed by atoms with van der Waals surface area (Å²) in [5.74, 6) is 0. The van der Waals surface area contributed by atoms with Crippen molar-refractivity contribution in [2.24, 2.45) is 0 Å². The van der Waals surface area contributed by atoms with Crippen LogP contribution in [0.15, 0.2) is 0 Å². The van der Waals surface area contributed by atoms with Crippen LogP contribution in [-0.4, -0.2) is 30.5 Å². The highest BCUT2D eigenvalue weighted by molar-refractivity contribution is 4.79. The van der Waals surface area contributed by atoms with Gasteiger partial charge in [0.25, 0.3) is 6.43 Å². The second kappa shape index (κ2) is 11.3. The van der Waals surface area contributed by atoms with E-state index in [-0.39, 0.29) is 0 Å². The lowest BCUT2D eigenvalue weighted by molar-refractivity contribution is 0.0222. The summed E-state index contributed by atoms with van der Waals surface area (Å²) in [4.78, 5) is 1.83. The molecule has 1 nitrogen and oxygen atoms in total. The van der Waals surface area contributed by atoms with Gasteiger partial charge in [0.1, 0.15) is 0 Å². The third-order valence-electron chi connectivity index (χ3n) is 2.88. The first kappa shape index (κ1) is 18.2. The zero-order valence-corrected chi connectivity index (χ0v) is 11.8. The van der Waals surface area contributed by atoms with Crippen LogP contribution in [-0.2, 0) is 0 Å². The van der Waals surface area contributed by atoms with Crippen LogP contribution < -0.4 is 0 Å². The molecule has 0 N–H and O–H groups in total. The topological polar surface area (TPSA) is 3.24 Å². The van der Waals surface area contributed by atoms with Crippen LogP contribution in [0.5, 0.6) is 0 Å². The van der Waals surface area contributed by atoms with E-state index in [2.05, 4.69) is 0 Å². The Morgan fingerprint density at radius 1 is 1.00 bits per heavy atom. The molecule has 0 spiro atoms. The van der Waals surface area contributed by atoms with Crippen molar-refractivity contribution in [2.45, 2.75) is 78.8 Å². The van der Waals surface area contributed by atoms with Crippen LogP contribution in [0.1, 0.15) is 60.3 Å². The van der Waals surface area contributed by atoms with Crippen molar-refractivity contribution in [3.63, 3.8) is 0 Å². The average molecular weight is 237 g/mol. The molecule has 0 aromatic heterocycles. The number of likely N-dealkylation sites (tertiary alicyclic amines) is 1. The van der Waals surface area contributed by atoms with Gasteiger partial charge in [-0.2, -0.15) is 0 Å². The number of hydrogen-bond donors (Lipinski definition) is 0. The lowest BCUT2D eigenvalue weighted by atomic mass is 10.1. The summed E-state index contributed by atoms with van der Waals surface area (Å²) in [5, 5.41) is 0. The maximum atomic E-state index is 12.5. The molecule has 16 heavy (non-hydrogen) atoms. The van der Waals surface area contributed by atoms with E-state index in [1.807, 2.05) is 46.6 Å². The molecule has 2 atom stereocenters. The Morgan fingerprint density at radius 2 is 1.44 bits per heavy atom. The molecule has 0 saturated carbocycles. The van der Waals surface area contributed by atoms with Crippen LogP contribution in [0.3, 0.4) is 0 Å². The fraction of sp³-hybridized carbons (Fsp3) is 1.00. The quantitative estimate of drug-likeness (QED) is 0.646. The number of alkyl halides is 2. The van der Waals surface area contributed by atoms with Crippen LogP contribution in [0.4, 0.5) is 8.78 Å². The predicted molar refractivity (Wildman–Crippen MR) is 68.2 cm³/mol. The van der Waals surface area contributed by atoms with Crippen LogP contribution in [0.25, 0.3) is 0 Å². The third-order valence-corrected chi connectivity index (χ3v) is 2.88. The Hall–Kier alpha value is -0.180. The average Bonchev–Trinajstić information content (AvgIpc) is 2.48. The molecule has 0 amide bonds. The molecule has 1 rings (SSSR count). The van der Waals surface area contributed by atoms with Gasteiger partial charge >= 0.3 is 0 Å². The molecule has 1 fully saturated rings. The van der Waals surface area contributed by atoms with Crippen molar-refractivity contribution in [3.05, 3.63) is 0 Å². The highest BCUT2D eigenvalue weighted by Gasteiger charge is 2.29. The van der Waals surface area contributed by atoms with Gasteiger partial charge in [-0.05, 0) is 26.8 Å². The second-order valence-corrected chi connectivity index (χ2v) is 3.70. The van der Waals surface area contributed by atoms with Gasteiger partial charge in [0.15, 0.2) is 0 Å². The summed E-state index contributed by atoms with van der Waals surface area (Å²) >= 11 is 0. The summed E-state index contributed by atoms with van der Waals surface area (Å²) in [5.41, 5.74) is 0. The molecule has 0 aromatic carbocycles. The number of rotatable bonds is 1. The number of halogens is 2. The molecule has 1 aliphatic heterocycles. The van der Waals surface area contributed by atoms with Gasteiger partial charge in [0.05, 0.1) is 6.04 Å². The van der Waals surface area contributed by atoms with Gasteiger partial charge in [0, 0.05) is 6.04 Å². The summed E-state index contributed by atoms with van der Waals surface area (Å²) in [6, 6.07) is -0.200. The Labute approximate surface area is 100 Å². The number of hydrogen-bond acceptors (Lipinski definition) is 1. The van der Waals surface area contributed by atoms with Crippen molar-refractivity contribution in [1.29, 1.82) is 0 Å². The molecule has 1 heterocycles. The number of nitrogens with zero attached hydrogens (tertiary/aromatic N) is 1. The van der Waals surface area contributed by atoms with Crippen molar-refractivity contribution in [1.82, 2.24) is 4.90 Å².